The van der Waals surface area contributed by atoms with Gasteiger partial charge in [0.15, 0.2) is 11.4 Å². The van der Waals surface area contributed by atoms with Crippen molar-refractivity contribution in [1.82, 2.24) is 9.38 Å². The van der Waals surface area contributed by atoms with E-state index in [1.54, 1.807) is 17.0 Å². The summed E-state index contributed by atoms with van der Waals surface area (Å²) in [7, 11) is 1.82. The lowest BCUT2D eigenvalue weighted by atomic mass is 10.0. The average molecular weight is 410 g/mol. The van der Waals surface area contributed by atoms with Crippen molar-refractivity contribution >= 4 is 17.4 Å². The Hall–Kier alpha value is -2.89. The normalized spacial score (nSPS) is 14.4. The SMILES string of the molecule is Cc1nc2c(OCc3ccc(F)cc3)cccn2c1N(C)C(=O)CCC1CCCC1. The highest BCUT2D eigenvalue weighted by Gasteiger charge is 2.22. The second-order valence-electron chi connectivity index (χ2n) is 8.14. The van der Waals surface area contributed by atoms with E-state index in [0.717, 1.165) is 23.5 Å². The molecule has 30 heavy (non-hydrogen) atoms. The lowest BCUT2D eigenvalue weighted by Gasteiger charge is -2.19. The molecule has 0 aliphatic heterocycles. The second kappa shape index (κ2) is 8.86. The molecule has 0 radical (unpaired) electrons. The van der Waals surface area contributed by atoms with Gasteiger partial charge in [0.2, 0.25) is 5.91 Å². The van der Waals surface area contributed by atoms with Crippen LogP contribution >= 0.6 is 0 Å². The van der Waals surface area contributed by atoms with Gasteiger partial charge in [-0.2, -0.15) is 0 Å². The first-order valence-corrected chi connectivity index (χ1v) is 10.6. The average Bonchev–Trinajstić information content (AvgIpc) is 3.38. The van der Waals surface area contributed by atoms with Crippen molar-refractivity contribution in [2.45, 2.75) is 52.1 Å². The maximum absolute atomic E-state index is 13.1. The van der Waals surface area contributed by atoms with E-state index in [4.69, 9.17) is 4.74 Å². The van der Waals surface area contributed by atoms with Crippen LogP contribution in [-0.2, 0) is 11.4 Å². The van der Waals surface area contributed by atoms with Gasteiger partial charge < -0.3 is 4.74 Å². The highest BCUT2D eigenvalue weighted by molar-refractivity contribution is 5.93. The number of ether oxygens (including phenoxy) is 1. The number of anilines is 1. The lowest BCUT2D eigenvalue weighted by molar-refractivity contribution is -0.118. The molecule has 0 spiro atoms. The molecule has 2 aromatic heterocycles. The van der Waals surface area contributed by atoms with Gasteiger partial charge in [-0.15, -0.1) is 0 Å². The number of amides is 1. The number of carbonyl (C=O) groups excluding carboxylic acids is 1. The molecular formula is C24H28FN3O2. The molecule has 1 aliphatic rings. The Labute approximate surface area is 176 Å². The van der Waals surface area contributed by atoms with Crippen LogP contribution in [0.2, 0.25) is 0 Å². The Morgan fingerprint density at radius 1 is 1.23 bits per heavy atom. The number of aryl methyl sites for hydroxylation is 1. The standard InChI is InChI=1S/C24H28FN3O2/c1-17-24(27(2)22(29)14-11-18-6-3-4-7-18)28-15-5-8-21(23(28)26-17)30-16-19-9-12-20(25)13-10-19/h5,8-10,12-13,15,18H,3-4,6-7,11,14,16H2,1-2H3. The fourth-order valence-corrected chi connectivity index (χ4v) is 4.31. The van der Waals surface area contributed by atoms with Gasteiger partial charge in [0.25, 0.3) is 0 Å². The van der Waals surface area contributed by atoms with Gasteiger partial charge in [0.1, 0.15) is 18.2 Å². The van der Waals surface area contributed by atoms with E-state index < -0.39 is 0 Å². The molecule has 1 aromatic carbocycles. The Bertz CT molecular complexity index is 1020. The van der Waals surface area contributed by atoms with E-state index in [0.29, 0.717) is 30.3 Å². The van der Waals surface area contributed by atoms with Crippen LogP contribution in [0.1, 0.15) is 49.8 Å². The summed E-state index contributed by atoms with van der Waals surface area (Å²) in [6.45, 7) is 2.23. The molecule has 1 amide bonds. The summed E-state index contributed by atoms with van der Waals surface area (Å²) < 4.78 is 21.0. The first-order valence-electron chi connectivity index (χ1n) is 10.6. The van der Waals surface area contributed by atoms with Crippen molar-refractivity contribution in [3.8, 4) is 5.75 Å². The van der Waals surface area contributed by atoms with Crippen molar-refractivity contribution in [2.75, 3.05) is 11.9 Å². The third-order valence-corrected chi connectivity index (χ3v) is 6.00. The second-order valence-corrected chi connectivity index (χ2v) is 8.14. The highest BCUT2D eigenvalue weighted by Crippen LogP contribution is 2.31. The lowest BCUT2D eigenvalue weighted by Crippen LogP contribution is -2.28. The molecule has 4 rings (SSSR count). The minimum Gasteiger partial charge on any atom is -0.485 e. The Balaban J connectivity index is 1.51. The fourth-order valence-electron chi connectivity index (χ4n) is 4.31. The minimum absolute atomic E-state index is 0.115. The van der Waals surface area contributed by atoms with Gasteiger partial charge in [-0.1, -0.05) is 37.8 Å². The van der Waals surface area contributed by atoms with E-state index in [-0.39, 0.29) is 11.7 Å². The van der Waals surface area contributed by atoms with Crippen LogP contribution in [0.5, 0.6) is 5.75 Å². The zero-order valence-electron chi connectivity index (χ0n) is 17.6. The van der Waals surface area contributed by atoms with Crippen molar-refractivity contribution in [3.05, 3.63) is 59.7 Å². The van der Waals surface area contributed by atoms with Gasteiger partial charge in [-0.3, -0.25) is 14.1 Å². The third-order valence-electron chi connectivity index (χ3n) is 6.00. The van der Waals surface area contributed by atoms with Gasteiger partial charge in [0, 0.05) is 19.7 Å². The number of pyridine rings is 1. The van der Waals surface area contributed by atoms with Gasteiger partial charge >= 0.3 is 0 Å². The molecule has 2 heterocycles. The molecular weight excluding hydrogens is 381 g/mol. The first-order chi connectivity index (χ1) is 14.5. The predicted octanol–water partition coefficient (Wildman–Crippen LogP) is 5.29. The van der Waals surface area contributed by atoms with Crippen molar-refractivity contribution in [1.29, 1.82) is 0 Å². The number of hydrogen-bond donors (Lipinski definition) is 0. The fraction of sp³-hybridized carbons (Fsp3) is 0.417. The Morgan fingerprint density at radius 2 is 1.97 bits per heavy atom. The molecule has 0 N–H and O–H groups in total. The zero-order chi connectivity index (χ0) is 21.1. The number of benzene rings is 1. The number of halogens is 1. The Kier molecular flexibility index (Phi) is 6.02. The molecule has 5 nitrogen and oxygen atoms in total. The monoisotopic (exact) mass is 409 g/mol. The number of imidazole rings is 1. The van der Waals surface area contributed by atoms with Crippen molar-refractivity contribution in [3.63, 3.8) is 0 Å². The molecule has 0 unspecified atom stereocenters. The number of hydrogen-bond acceptors (Lipinski definition) is 3. The number of fused-ring (bicyclic) bond motifs is 1. The van der Waals surface area contributed by atoms with Crippen molar-refractivity contribution in [2.24, 2.45) is 5.92 Å². The maximum atomic E-state index is 13.1. The topological polar surface area (TPSA) is 46.8 Å². The van der Waals surface area contributed by atoms with Gasteiger partial charge in [0.05, 0.1) is 5.69 Å². The molecule has 0 atom stereocenters. The van der Waals surface area contributed by atoms with Crippen LogP contribution in [0.25, 0.3) is 5.65 Å². The molecule has 1 aliphatic carbocycles. The van der Waals surface area contributed by atoms with Crippen LogP contribution in [0.15, 0.2) is 42.6 Å². The van der Waals surface area contributed by atoms with Gasteiger partial charge in [-0.05, 0) is 49.1 Å². The first kappa shape index (κ1) is 20.4. The smallest absolute Gasteiger partial charge is 0.227 e. The molecule has 6 heteroatoms. The minimum atomic E-state index is -0.269. The summed E-state index contributed by atoms with van der Waals surface area (Å²) >= 11 is 0. The molecule has 158 valence electrons. The number of rotatable bonds is 7. The summed E-state index contributed by atoms with van der Waals surface area (Å²) in [4.78, 5) is 19.2. The maximum Gasteiger partial charge on any atom is 0.227 e. The van der Waals surface area contributed by atoms with Crippen LogP contribution in [0.4, 0.5) is 10.2 Å². The summed E-state index contributed by atoms with van der Waals surface area (Å²) in [5.74, 6) is 1.94. The highest BCUT2D eigenvalue weighted by atomic mass is 19.1. The van der Waals surface area contributed by atoms with E-state index in [1.165, 1.54) is 37.8 Å². The predicted molar refractivity (Wildman–Crippen MR) is 115 cm³/mol. The summed E-state index contributed by atoms with van der Waals surface area (Å²) in [6.07, 6.45) is 8.51. The largest absolute Gasteiger partial charge is 0.485 e. The summed E-state index contributed by atoms with van der Waals surface area (Å²) in [6, 6.07) is 9.99. The molecule has 1 saturated carbocycles. The Morgan fingerprint density at radius 3 is 2.70 bits per heavy atom. The number of carbonyl (C=O) groups is 1. The van der Waals surface area contributed by atoms with E-state index in [1.807, 2.05) is 36.7 Å². The quantitative estimate of drug-likeness (QED) is 0.532. The zero-order valence-corrected chi connectivity index (χ0v) is 17.6. The number of aromatic nitrogens is 2. The number of nitrogens with zero attached hydrogens (tertiary/aromatic N) is 3. The van der Waals surface area contributed by atoms with E-state index in [2.05, 4.69) is 4.98 Å². The van der Waals surface area contributed by atoms with Crippen LogP contribution < -0.4 is 9.64 Å². The van der Waals surface area contributed by atoms with E-state index in [9.17, 15) is 9.18 Å². The molecule has 0 bridgehead atoms. The molecule has 3 aromatic rings. The van der Waals surface area contributed by atoms with Crippen LogP contribution in [-0.4, -0.2) is 22.3 Å². The van der Waals surface area contributed by atoms with Crippen LogP contribution in [0.3, 0.4) is 0 Å². The molecule has 1 fully saturated rings. The van der Waals surface area contributed by atoms with Gasteiger partial charge in [-0.25, -0.2) is 9.37 Å². The molecule has 0 saturated heterocycles. The summed E-state index contributed by atoms with van der Waals surface area (Å²) in [5.41, 5.74) is 2.33. The van der Waals surface area contributed by atoms with E-state index >= 15 is 0 Å². The van der Waals surface area contributed by atoms with Crippen LogP contribution in [0, 0.1) is 18.7 Å². The summed E-state index contributed by atoms with van der Waals surface area (Å²) in [5, 5.41) is 0. The third kappa shape index (κ3) is 4.32. The van der Waals surface area contributed by atoms with Crippen molar-refractivity contribution < 1.29 is 13.9 Å².